The number of benzene rings is 1. The molecule has 0 bridgehead atoms. The summed E-state index contributed by atoms with van der Waals surface area (Å²) >= 11 is 0. The van der Waals surface area contributed by atoms with Gasteiger partial charge in [-0.05, 0) is 50.4 Å². The van der Waals surface area contributed by atoms with Crippen LogP contribution in [0.25, 0.3) is 0 Å². The van der Waals surface area contributed by atoms with Gasteiger partial charge in [0.15, 0.2) is 0 Å². The van der Waals surface area contributed by atoms with Gasteiger partial charge in [-0.15, -0.1) is 0 Å². The Hall–Kier alpha value is -0.860. The summed E-state index contributed by atoms with van der Waals surface area (Å²) in [6, 6.07) is 7.34. The lowest BCUT2D eigenvalue weighted by Crippen LogP contribution is -2.40. The van der Waals surface area contributed by atoms with E-state index in [1.807, 2.05) is 0 Å². The summed E-state index contributed by atoms with van der Waals surface area (Å²) in [5.74, 6) is 0.633. The highest BCUT2D eigenvalue weighted by Crippen LogP contribution is 2.27. The minimum atomic E-state index is 0.308. The fourth-order valence-electron chi connectivity index (χ4n) is 2.40. The van der Waals surface area contributed by atoms with E-state index in [1.165, 1.54) is 16.7 Å². The summed E-state index contributed by atoms with van der Waals surface area (Å²) in [4.78, 5) is 2.41. The molecule has 2 N–H and O–H groups in total. The van der Waals surface area contributed by atoms with Crippen LogP contribution in [0.15, 0.2) is 18.2 Å². The molecule has 0 saturated carbocycles. The van der Waals surface area contributed by atoms with Crippen LogP contribution >= 0.6 is 0 Å². The van der Waals surface area contributed by atoms with Gasteiger partial charge < -0.3 is 5.73 Å². The highest BCUT2D eigenvalue weighted by atomic mass is 15.2. The van der Waals surface area contributed by atoms with Crippen LogP contribution < -0.4 is 5.73 Å². The van der Waals surface area contributed by atoms with Gasteiger partial charge in [0, 0.05) is 18.6 Å². The minimum absolute atomic E-state index is 0.308. The zero-order valence-corrected chi connectivity index (χ0v) is 12.7. The second kappa shape index (κ2) is 6.35. The Morgan fingerprint density at radius 1 is 1.17 bits per heavy atom. The number of nitrogens with zero attached hydrogens (tertiary/aromatic N) is 1. The lowest BCUT2D eigenvalue weighted by Gasteiger charge is -2.36. The fourth-order valence-corrected chi connectivity index (χ4v) is 2.40. The van der Waals surface area contributed by atoms with E-state index >= 15 is 0 Å². The van der Waals surface area contributed by atoms with E-state index in [4.69, 9.17) is 5.73 Å². The molecule has 1 rings (SSSR count). The van der Waals surface area contributed by atoms with E-state index < -0.39 is 0 Å². The topological polar surface area (TPSA) is 29.3 Å². The average Bonchev–Trinajstić information content (AvgIpc) is 2.34. The van der Waals surface area contributed by atoms with Crippen molar-refractivity contribution in [2.75, 3.05) is 13.6 Å². The van der Waals surface area contributed by atoms with Crippen molar-refractivity contribution in [1.82, 2.24) is 4.90 Å². The molecule has 0 aliphatic heterocycles. The first-order valence-corrected chi connectivity index (χ1v) is 6.88. The number of rotatable bonds is 5. The number of hydrogen-bond donors (Lipinski definition) is 1. The van der Waals surface area contributed by atoms with Gasteiger partial charge in [0.05, 0.1) is 0 Å². The highest BCUT2D eigenvalue weighted by Gasteiger charge is 2.23. The van der Waals surface area contributed by atoms with E-state index in [1.54, 1.807) is 0 Å². The first-order chi connectivity index (χ1) is 8.40. The Labute approximate surface area is 112 Å². The third-order valence-corrected chi connectivity index (χ3v) is 4.33. The average molecular weight is 248 g/mol. The van der Waals surface area contributed by atoms with E-state index in [0.717, 1.165) is 0 Å². The molecule has 0 amide bonds. The van der Waals surface area contributed by atoms with Crippen LogP contribution in [0.2, 0.25) is 0 Å². The molecule has 0 saturated heterocycles. The monoisotopic (exact) mass is 248 g/mol. The maximum atomic E-state index is 6.02. The molecule has 0 aliphatic rings. The smallest absolute Gasteiger partial charge is 0.0473 e. The first kappa shape index (κ1) is 15.2. The zero-order valence-electron chi connectivity index (χ0n) is 12.7. The fraction of sp³-hybridized carbons (Fsp3) is 0.625. The van der Waals surface area contributed by atoms with Crippen LogP contribution in [-0.2, 0) is 0 Å². The van der Waals surface area contributed by atoms with Gasteiger partial charge >= 0.3 is 0 Å². The summed E-state index contributed by atoms with van der Waals surface area (Å²) in [6.07, 6.45) is 0. The molecule has 1 aromatic carbocycles. The van der Waals surface area contributed by atoms with E-state index in [-0.39, 0.29) is 0 Å². The molecule has 2 unspecified atom stereocenters. The summed E-state index contributed by atoms with van der Waals surface area (Å²) in [5, 5.41) is 0. The minimum Gasteiger partial charge on any atom is -0.329 e. The van der Waals surface area contributed by atoms with Gasteiger partial charge in [0.25, 0.3) is 0 Å². The number of nitrogens with two attached hydrogens (primary N) is 1. The lowest BCUT2D eigenvalue weighted by atomic mass is 9.94. The second-order valence-corrected chi connectivity index (χ2v) is 5.69. The number of likely N-dealkylation sites (N-methyl/N-ethyl adjacent to an activating group) is 1. The Bertz CT molecular complexity index is 385. The van der Waals surface area contributed by atoms with Gasteiger partial charge in [-0.2, -0.15) is 0 Å². The van der Waals surface area contributed by atoms with Gasteiger partial charge in [-0.1, -0.05) is 32.0 Å². The summed E-state index contributed by atoms with van der Waals surface area (Å²) < 4.78 is 0. The molecule has 0 fully saturated rings. The highest BCUT2D eigenvalue weighted by molar-refractivity contribution is 5.35. The van der Waals surface area contributed by atoms with Crippen molar-refractivity contribution in [3.05, 3.63) is 34.9 Å². The number of hydrogen-bond acceptors (Lipinski definition) is 2. The third kappa shape index (κ3) is 3.12. The molecule has 18 heavy (non-hydrogen) atoms. The molecule has 0 radical (unpaired) electrons. The molecule has 1 aromatic rings. The van der Waals surface area contributed by atoms with Crippen molar-refractivity contribution in [1.29, 1.82) is 0 Å². The van der Waals surface area contributed by atoms with Crippen LogP contribution in [0.1, 0.15) is 43.5 Å². The first-order valence-electron chi connectivity index (χ1n) is 6.88. The quantitative estimate of drug-likeness (QED) is 0.866. The SMILES string of the molecule is Cc1cccc(C(CN)N(C)C(C)C(C)C)c1C. The molecule has 0 heterocycles. The predicted octanol–water partition coefficient (Wildman–Crippen LogP) is 3.28. The molecular weight excluding hydrogens is 220 g/mol. The molecule has 0 spiro atoms. The summed E-state index contributed by atoms with van der Waals surface area (Å²) in [6.45, 7) is 11.8. The van der Waals surface area contributed by atoms with Crippen molar-refractivity contribution >= 4 is 0 Å². The maximum Gasteiger partial charge on any atom is 0.0473 e. The van der Waals surface area contributed by atoms with E-state index in [9.17, 15) is 0 Å². The van der Waals surface area contributed by atoms with Crippen LogP contribution in [0.5, 0.6) is 0 Å². The second-order valence-electron chi connectivity index (χ2n) is 5.69. The van der Waals surface area contributed by atoms with Crippen LogP contribution in [0.3, 0.4) is 0 Å². The molecule has 102 valence electrons. The standard InChI is InChI=1S/C16H28N2/c1-11(2)14(5)18(6)16(10-17)15-9-7-8-12(3)13(15)4/h7-9,11,14,16H,10,17H2,1-6H3. The molecule has 2 heteroatoms. The van der Waals surface area contributed by atoms with Gasteiger partial charge in [0.1, 0.15) is 0 Å². The van der Waals surface area contributed by atoms with Crippen LogP contribution in [-0.4, -0.2) is 24.5 Å². The third-order valence-electron chi connectivity index (χ3n) is 4.33. The van der Waals surface area contributed by atoms with Crippen molar-refractivity contribution in [3.8, 4) is 0 Å². The van der Waals surface area contributed by atoms with Crippen molar-refractivity contribution in [2.24, 2.45) is 11.7 Å². The zero-order chi connectivity index (χ0) is 13.9. The van der Waals surface area contributed by atoms with Crippen molar-refractivity contribution in [3.63, 3.8) is 0 Å². The van der Waals surface area contributed by atoms with E-state index in [0.29, 0.717) is 24.5 Å². The molecule has 2 nitrogen and oxygen atoms in total. The van der Waals surface area contributed by atoms with E-state index in [2.05, 4.69) is 64.8 Å². The van der Waals surface area contributed by atoms with Crippen LogP contribution in [0.4, 0.5) is 0 Å². The predicted molar refractivity (Wildman–Crippen MR) is 79.8 cm³/mol. The van der Waals surface area contributed by atoms with Crippen molar-refractivity contribution < 1.29 is 0 Å². The Balaban J connectivity index is 3.06. The maximum absolute atomic E-state index is 6.02. The molecule has 2 atom stereocenters. The Kier molecular flexibility index (Phi) is 5.36. The lowest BCUT2D eigenvalue weighted by molar-refractivity contribution is 0.151. The Morgan fingerprint density at radius 2 is 1.78 bits per heavy atom. The normalized spacial score (nSPS) is 15.2. The number of aryl methyl sites for hydroxylation is 1. The summed E-state index contributed by atoms with van der Waals surface area (Å²) in [5.41, 5.74) is 10.1. The van der Waals surface area contributed by atoms with Crippen LogP contribution in [0, 0.1) is 19.8 Å². The molecular formula is C16H28N2. The largest absolute Gasteiger partial charge is 0.329 e. The molecule has 0 aromatic heterocycles. The van der Waals surface area contributed by atoms with Gasteiger partial charge in [-0.3, -0.25) is 4.90 Å². The summed E-state index contributed by atoms with van der Waals surface area (Å²) in [7, 11) is 2.18. The van der Waals surface area contributed by atoms with Gasteiger partial charge in [0.2, 0.25) is 0 Å². The Morgan fingerprint density at radius 3 is 2.28 bits per heavy atom. The van der Waals surface area contributed by atoms with Crippen molar-refractivity contribution in [2.45, 2.75) is 46.7 Å². The van der Waals surface area contributed by atoms with Gasteiger partial charge in [-0.25, -0.2) is 0 Å². The molecule has 0 aliphatic carbocycles.